The molecule has 1 saturated heterocycles. The highest BCUT2D eigenvalue weighted by molar-refractivity contribution is 5.85. The van der Waals surface area contributed by atoms with Crippen LogP contribution < -0.4 is 16.0 Å². The molecule has 0 aromatic carbocycles. The maximum atomic E-state index is 11.7. The molecule has 6 nitrogen and oxygen atoms in total. The summed E-state index contributed by atoms with van der Waals surface area (Å²) in [5, 5.41) is 2.84. The fraction of sp³-hybridized carbons (Fsp3) is 0.545. The Balaban J connectivity index is 2.33. The molecule has 6 heteroatoms. The third-order valence-corrected chi connectivity index (χ3v) is 2.84. The van der Waals surface area contributed by atoms with E-state index in [1.165, 1.54) is 0 Å². The van der Waals surface area contributed by atoms with Gasteiger partial charge in [0.05, 0.1) is 0 Å². The number of amides is 1. The summed E-state index contributed by atoms with van der Waals surface area (Å²) in [6, 6.07) is 1.51. The lowest BCUT2D eigenvalue weighted by atomic mass is 10.1. The summed E-state index contributed by atoms with van der Waals surface area (Å²) in [4.78, 5) is 22.2. The summed E-state index contributed by atoms with van der Waals surface area (Å²) in [5.74, 6) is 1.01. The minimum absolute atomic E-state index is 0.0300. The van der Waals surface area contributed by atoms with Crippen molar-refractivity contribution < 1.29 is 4.79 Å². The van der Waals surface area contributed by atoms with Gasteiger partial charge in [0, 0.05) is 24.8 Å². The monoisotopic (exact) mass is 235 g/mol. The highest BCUT2D eigenvalue weighted by atomic mass is 16.2. The van der Waals surface area contributed by atoms with Gasteiger partial charge in [-0.05, 0) is 13.3 Å². The van der Waals surface area contributed by atoms with Gasteiger partial charge in [0.2, 0.25) is 11.9 Å². The van der Waals surface area contributed by atoms with E-state index in [4.69, 9.17) is 5.73 Å². The number of nitrogens with one attached hydrogen (secondary N) is 1. The van der Waals surface area contributed by atoms with Crippen LogP contribution in [0.1, 0.15) is 19.0 Å². The van der Waals surface area contributed by atoms with E-state index in [2.05, 4.69) is 15.3 Å². The topological polar surface area (TPSA) is 84.1 Å². The van der Waals surface area contributed by atoms with Gasteiger partial charge in [-0.15, -0.1) is 0 Å². The van der Waals surface area contributed by atoms with Crippen LogP contribution in [-0.4, -0.2) is 35.0 Å². The fourth-order valence-corrected chi connectivity index (χ4v) is 2.07. The second kappa shape index (κ2) is 4.57. The van der Waals surface area contributed by atoms with Gasteiger partial charge in [-0.2, -0.15) is 4.98 Å². The quantitative estimate of drug-likeness (QED) is 0.758. The van der Waals surface area contributed by atoms with Crippen LogP contribution in [0.4, 0.5) is 11.8 Å². The van der Waals surface area contributed by atoms with Gasteiger partial charge in [0.25, 0.3) is 0 Å². The summed E-state index contributed by atoms with van der Waals surface area (Å²) in [5.41, 5.74) is 6.52. The van der Waals surface area contributed by atoms with E-state index in [0.717, 1.165) is 12.1 Å². The summed E-state index contributed by atoms with van der Waals surface area (Å²) < 4.78 is 0. The van der Waals surface area contributed by atoms with E-state index in [9.17, 15) is 4.79 Å². The molecule has 1 fully saturated rings. The molecular weight excluding hydrogens is 218 g/mol. The molecule has 3 N–H and O–H groups in total. The molecule has 17 heavy (non-hydrogen) atoms. The Bertz CT molecular complexity index is 414. The molecule has 0 aliphatic carbocycles. The summed E-state index contributed by atoms with van der Waals surface area (Å²) in [7, 11) is 0. The maximum Gasteiger partial charge on any atom is 0.242 e. The number of nitrogens with two attached hydrogens (primary N) is 1. The molecule has 1 aromatic heterocycles. The van der Waals surface area contributed by atoms with E-state index < -0.39 is 0 Å². The molecule has 1 aliphatic heterocycles. The highest BCUT2D eigenvalue weighted by Gasteiger charge is 2.29. The van der Waals surface area contributed by atoms with Gasteiger partial charge in [0.1, 0.15) is 11.9 Å². The lowest BCUT2D eigenvalue weighted by Crippen LogP contribution is -2.55. The molecule has 1 amide bonds. The second-order valence-corrected chi connectivity index (χ2v) is 4.14. The first kappa shape index (κ1) is 11.6. The Morgan fingerprint density at radius 2 is 2.35 bits per heavy atom. The van der Waals surface area contributed by atoms with E-state index >= 15 is 0 Å². The standard InChI is InChI=1S/C11H17N5O/c1-3-8-10(17)13-4-5-16(8)11-14-7(2)6-9(12)15-11/h6,8H,3-5H2,1-2H3,(H,13,17)(H2,12,14,15)/t8-/m1/s1. The fourth-order valence-electron chi connectivity index (χ4n) is 2.07. The number of rotatable bonds is 2. The molecule has 1 atom stereocenters. The van der Waals surface area contributed by atoms with Crippen molar-refractivity contribution in [1.82, 2.24) is 15.3 Å². The largest absolute Gasteiger partial charge is 0.384 e. The van der Waals surface area contributed by atoms with Crippen LogP contribution in [0.5, 0.6) is 0 Å². The molecule has 1 aliphatic rings. The molecule has 92 valence electrons. The molecule has 0 bridgehead atoms. The van der Waals surface area contributed by atoms with Gasteiger partial charge < -0.3 is 16.0 Å². The number of hydrogen-bond donors (Lipinski definition) is 2. The number of carbonyl (C=O) groups is 1. The molecule has 2 heterocycles. The number of hydrogen-bond acceptors (Lipinski definition) is 5. The van der Waals surface area contributed by atoms with Crippen molar-refractivity contribution in [2.24, 2.45) is 0 Å². The normalized spacial score (nSPS) is 20.2. The first-order chi connectivity index (χ1) is 8.11. The first-order valence-corrected chi connectivity index (χ1v) is 5.77. The lowest BCUT2D eigenvalue weighted by Gasteiger charge is -2.34. The van der Waals surface area contributed by atoms with E-state index in [0.29, 0.717) is 24.9 Å². The Morgan fingerprint density at radius 3 is 3.00 bits per heavy atom. The average Bonchev–Trinajstić information content (AvgIpc) is 2.27. The van der Waals surface area contributed by atoms with Crippen LogP contribution in [0, 0.1) is 6.92 Å². The molecule has 0 spiro atoms. The Hall–Kier alpha value is -1.85. The van der Waals surface area contributed by atoms with E-state index in [1.807, 2.05) is 18.7 Å². The van der Waals surface area contributed by atoms with Crippen molar-refractivity contribution in [1.29, 1.82) is 0 Å². The number of nitrogen functional groups attached to an aromatic ring is 1. The number of anilines is 2. The highest BCUT2D eigenvalue weighted by Crippen LogP contribution is 2.17. The predicted octanol–water partition coefficient (Wildman–Crippen LogP) is 0.0820. The average molecular weight is 235 g/mol. The van der Waals surface area contributed by atoms with Crippen LogP contribution in [0.15, 0.2) is 6.07 Å². The number of carbonyl (C=O) groups excluding carboxylic acids is 1. The summed E-state index contributed by atoms with van der Waals surface area (Å²) in [6.07, 6.45) is 0.725. The Kier molecular flexibility index (Phi) is 3.12. The van der Waals surface area contributed by atoms with Crippen LogP contribution in [0.3, 0.4) is 0 Å². The molecule has 1 aromatic rings. The third kappa shape index (κ3) is 2.30. The Morgan fingerprint density at radius 1 is 1.59 bits per heavy atom. The molecule has 0 unspecified atom stereocenters. The Labute approximate surface area is 100 Å². The third-order valence-electron chi connectivity index (χ3n) is 2.84. The zero-order valence-electron chi connectivity index (χ0n) is 10.1. The maximum absolute atomic E-state index is 11.7. The van der Waals surface area contributed by atoms with Crippen LogP contribution in [0.2, 0.25) is 0 Å². The van der Waals surface area contributed by atoms with Crippen LogP contribution in [-0.2, 0) is 4.79 Å². The van der Waals surface area contributed by atoms with Gasteiger partial charge in [-0.25, -0.2) is 4.98 Å². The smallest absolute Gasteiger partial charge is 0.242 e. The zero-order valence-corrected chi connectivity index (χ0v) is 10.1. The van der Waals surface area contributed by atoms with E-state index in [-0.39, 0.29) is 11.9 Å². The van der Waals surface area contributed by atoms with Gasteiger partial charge >= 0.3 is 0 Å². The zero-order chi connectivity index (χ0) is 12.4. The van der Waals surface area contributed by atoms with Crippen molar-refractivity contribution in [3.8, 4) is 0 Å². The molecular formula is C11H17N5O. The van der Waals surface area contributed by atoms with Crippen molar-refractivity contribution in [2.75, 3.05) is 23.7 Å². The predicted molar refractivity (Wildman–Crippen MR) is 65.6 cm³/mol. The number of aryl methyl sites for hydroxylation is 1. The first-order valence-electron chi connectivity index (χ1n) is 5.77. The van der Waals surface area contributed by atoms with Crippen molar-refractivity contribution in [3.63, 3.8) is 0 Å². The van der Waals surface area contributed by atoms with Gasteiger partial charge in [-0.1, -0.05) is 6.92 Å². The second-order valence-electron chi connectivity index (χ2n) is 4.14. The number of nitrogens with zero attached hydrogens (tertiary/aromatic N) is 3. The van der Waals surface area contributed by atoms with Crippen molar-refractivity contribution in [3.05, 3.63) is 11.8 Å². The number of aromatic nitrogens is 2. The minimum atomic E-state index is -0.204. The number of piperazine rings is 1. The van der Waals surface area contributed by atoms with Crippen molar-refractivity contribution >= 4 is 17.7 Å². The lowest BCUT2D eigenvalue weighted by molar-refractivity contribution is -0.123. The molecule has 0 saturated carbocycles. The minimum Gasteiger partial charge on any atom is -0.384 e. The van der Waals surface area contributed by atoms with E-state index in [1.54, 1.807) is 6.07 Å². The van der Waals surface area contributed by atoms with Crippen LogP contribution in [0.25, 0.3) is 0 Å². The molecule has 0 radical (unpaired) electrons. The summed E-state index contributed by atoms with van der Waals surface area (Å²) >= 11 is 0. The van der Waals surface area contributed by atoms with Crippen molar-refractivity contribution in [2.45, 2.75) is 26.3 Å². The van der Waals surface area contributed by atoms with Gasteiger partial charge in [0.15, 0.2) is 0 Å². The summed E-state index contributed by atoms with van der Waals surface area (Å²) in [6.45, 7) is 5.17. The van der Waals surface area contributed by atoms with Gasteiger partial charge in [-0.3, -0.25) is 4.79 Å². The SMILES string of the molecule is CC[C@@H]1C(=O)NCCN1c1nc(C)cc(N)n1. The van der Waals surface area contributed by atoms with Crippen LogP contribution >= 0.6 is 0 Å². The molecule has 2 rings (SSSR count).